The molecule has 0 saturated carbocycles. The summed E-state index contributed by atoms with van der Waals surface area (Å²) < 4.78 is 10.6. The van der Waals surface area contributed by atoms with E-state index in [9.17, 15) is 9.59 Å². The van der Waals surface area contributed by atoms with Gasteiger partial charge in [0.25, 0.3) is 0 Å². The van der Waals surface area contributed by atoms with Crippen LogP contribution in [0.4, 0.5) is 0 Å². The zero-order chi connectivity index (χ0) is 31.0. The van der Waals surface area contributed by atoms with Crippen LogP contribution in [0.2, 0.25) is 0 Å². The second kappa shape index (κ2) is 33.7. The summed E-state index contributed by atoms with van der Waals surface area (Å²) in [7, 11) is 8.53. The molecule has 0 bridgehead atoms. The number of aldehydes is 1. The summed E-state index contributed by atoms with van der Waals surface area (Å²) in [6, 6.07) is 0. The van der Waals surface area contributed by atoms with Gasteiger partial charge < -0.3 is 19.2 Å². The summed E-state index contributed by atoms with van der Waals surface area (Å²) in [5.74, 6) is 0.510. The lowest BCUT2D eigenvalue weighted by Gasteiger charge is -2.12. The van der Waals surface area contributed by atoms with E-state index in [0.29, 0.717) is 24.2 Å². The Morgan fingerprint density at radius 1 is 0.854 bits per heavy atom. The molecule has 0 rings (SSSR count). The van der Waals surface area contributed by atoms with Crippen molar-refractivity contribution in [1.29, 1.82) is 0 Å². The highest BCUT2D eigenvalue weighted by Crippen LogP contribution is 2.19. The molecule has 0 aliphatic carbocycles. The molecule has 7 heteroatoms. The van der Waals surface area contributed by atoms with E-state index < -0.39 is 0 Å². The number of methoxy groups -OCH3 is 1. The molecule has 41 heavy (non-hydrogen) atoms. The van der Waals surface area contributed by atoms with Gasteiger partial charge in [0, 0.05) is 13.7 Å². The van der Waals surface area contributed by atoms with E-state index in [1.807, 2.05) is 26.1 Å². The Bertz CT molecular complexity index is 649. The van der Waals surface area contributed by atoms with E-state index in [0.717, 1.165) is 32.1 Å². The van der Waals surface area contributed by atoms with E-state index in [2.05, 4.69) is 39.8 Å². The van der Waals surface area contributed by atoms with Gasteiger partial charge in [-0.3, -0.25) is 4.79 Å². The van der Waals surface area contributed by atoms with Crippen molar-refractivity contribution in [2.45, 2.75) is 137 Å². The number of allylic oxidation sites excluding steroid dienone is 3. The van der Waals surface area contributed by atoms with E-state index in [1.165, 1.54) is 116 Å². The fourth-order valence-electron chi connectivity index (χ4n) is 4.22. The normalized spacial score (nSPS) is 12.0. The Kier molecular flexibility index (Phi) is 34.9. The van der Waals surface area contributed by atoms with Gasteiger partial charge in [-0.15, -0.1) is 0 Å². The molecule has 0 aliphatic rings. The molecule has 0 saturated heterocycles. The monoisotopic (exact) mass is 615 g/mol. The first-order valence-corrected chi connectivity index (χ1v) is 18.6. The van der Waals surface area contributed by atoms with Crippen LogP contribution in [0, 0.1) is 0 Å². The smallest absolute Gasteiger partial charge is 0.316 e. The minimum absolute atomic E-state index is 0.211. The molecule has 0 aromatic rings. The van der Waals surface area contributed by atoms with Crippen molar-refractivity contribution in [3.05, 3.63) is 23.3 Å². The highest BCUT2D eigenvalue weighted by molar-refractivity contribution is 8.77. The number of hydrogen-bond donors (Lipinski definition) is 0. The largest absolute Gasteiger partial charge is 0.465 e. The molecule has 0 heterocycles. The fourth-order valence-corrected chi connectivity index (χ4v) is 5.63. The molecule has 5 nitrogen and oxygen atoms in total. The molecule has 242 valence electrons. The van der Waals surface area contributed by atoms with Crippen molar-refractivity contribution >= 4 is 33.8 Å². The average molecular weight is 616 g/mol. The van der Waals surface area contributed by atoms with Gasteiger partial charge in [-0.05, 0) is 60.5 Å². The van der Waals surface area contributed by atoms with Gasteiger partial charge in [-0.1, -0.05) is 129 Å². The number of esters is 1. The molecular weight excluding hydrogens is 551 g/mol. The van der Waals surface area contributed by atoms with Gasteiger partial charge >= 0.3 is 5.97 Å². The number of ether oxygens (including phenoxy) is 2. The predicted molar refractivity (Wildman–Crippen MR) is 184 cm³/mol. The zero-order valence-corrected chi connectivity index (χ0v) is 29.5. The third-order valence-electron chi connectivity index (χ3n) is 6.62. The van der Waals surface area contributed by atoms with Crippen LogP contribution in [0.25, 0.3) is 0 Å². The summed E-state index contributed by atoms with van der Waals surface area (Å²) in [6.07, 6.45) is 27.1. The van der Waals surface area contributed by atoms with Gasteiger partial charge in [0.15, 0.2) is 0 Å². The summed E-state index contributed by atoms with van der Waals surface area (Å²) >= 11 is 0. The minimum Gasteiger partial charge on any atom is -0.465 e. The molecule has 0 radical (unpaired) electrons. The predicted octanol–water partition coefficient (Wildman–Crippen LogP) is 9.85. The van der Waals surface area contributed by atoms with Crippen molar-refractivity contribution in [3.63, 3.8) is 0 Å². The average Bonchev–Trinajstić information content (AvgIpc) is 2.93. The highest BCUT2D eigenvalue weighted by Gasteiger charge is 2.05. The van der Waals surface area contributed by atoms with Crippen molar-refractivity contribution < 1.29 is 19.1 Å². The quantitative estimate of drug-likeness (QED) is 0.0300. The zero-order valence-electron chi connectivity index (χ0n) is 27.8. The Morgan fingerprint density at radius 2 is 1.44 bits per heavy atom. The summed E-state index contributed by atoms with van der Waals surface area (Å²) in [5, 5.41) is 0. The van der Waals surface area contributed by atoms with Crippen molar-refractivity contribution in [1.82, 2.24) is 4.90 Å². The van der Waals surface area contributed by atoms with Gasteiger partial charge in [0.05, 0.1) is 18.5 Å². The Morgan fingerprint density at radius 3 is 1.95 bits per heavy atom. The van der Waals surface area contributed by atoms with Gasteiger partial charge in [0.2, 0.25) is 0 Å². The molecule has 1 atom stereocenters. The maximum atomic E-state index is 11.1. The lowest BCUT2D eigenvalue weighted by molar-refractivity contribution is -0.140. The Labute approximate surface area is 262 Å². The summed E-state index contributed by atoms with van der Waals surface area (Å²) in [6.45, 7) is 10.3. The van der Waals surface area contributed by atoms with Crippen LogP contribution < -0.4 is 0 Å². The molecule has 0 aromatic carbocycles. The molecule has 0 fully saturated rings. The molecule has 0 aliphatic heterocycles. The summed E-state index contributed by atoms with van der Waals surface area (Å²) in [4.78, 5) is 23.1. The summed E-state index contributed by atoms with van der Waals surface area (Å²) in [5.41, 5.74) is 2.88. The number of rotatable bonds is 27. The van der Waals surface area contributed by atoms with Crippen LogP contribution in [0.15, 0.2) is 23.3 Å². The Balaban J connectivity index is 0. The maximum Gasteiger partial charge on any atom is 0.316 e. The van der Waals surface area contributed by atoms with Crippen LogP contribution in [-0.4, -0.2) is 69.1 Å². The van der Waals surface area contributed by atoms with Crippen LogP contribution in [0.3, 0.4) is 0 Å². The molecule has 0 aromatic heterocycles. The van der Waals surface area contributed by atoms with Crippen LogP contribution in [-0.2, 0) is 19.1 Å². The van der Waals surface area contributed by atoms with Crippen LogP contribution >= 0.6 is 21.6 Å². The second-order valence-electron chi connectivity index (χ2n) is 11.4. The molecule has 0 N–H and O–H groups in total. The number of nitrogens with zero attached hydrogens (tertiary/aromatic N) is 1. The molecular formula is C34H65NO4S2. The first kappa shape index (κ1) is 42.4. The molecule has 0 amide bonds. The lowest BCUT2D eigenvalue weighted by atomic mass is 10.0. The van der Waals surface area contributed by atoms with Gasteiger partial charge in [-0.2, -0.15) is 0 Å². The first-order chi connectivity index (χ1) is 19.8. The number of carbonyl (C=O) groups is 2. The van der Waals surface area contributed by atoms with Crippen LogP contribution in [0.5, 0.6) is 0 Å². The van der Waals surface area contributed by atoms with Crippen LogP contribution in [0.1, 0.15) is 130 Å². The van der Waals surface area contributed by atoms with E-state index in [4.69, 9.17) is 9.47 Å². The van der Waals surface area contributed by atoms with Gasteiger partial charge in [0.1, 0.15) is 12.0 Å². The van der Waals surface area contributed by atoms with Crippen molar-refractivity contribution in [2.75, 3.05) is 45.9 Å². The molecule has 1 unspecified atom stereocenters. The van der Waals surface area contributed by atoms with Crippen molar-refractivity contribution in [2.24, 2.45) is 0 Å². The maximum absolute atomic E-state index is 11.1. The SMILES string of the molecule is CCCCCCCCCCCCCCC(/C=C(\C)CCC=C(C)C)OC.CN(C)CCCOC(=O)CSSCC=O. The third kappa shape index (κ3) is 37.2. The minimum atomic E-state index is -0.211. The second-order valence-corrected chi connectivity index (χ2v) is 13.9. The standard InChI is InChI=1S/C25H48O.C9H17NO3S2/c1-6-7-8-9-10-11-12-13-14-15-16-17-21-25(26-5)22-24(4)20-18-19-23(2)3;1-10(2)4-3-6-13-9(12)8-15-14-7-5-11/h19,22,25H,6-18,20-21H2,1-5H3;5H,3-4,6-8H2,1-2H3/b24-22+;. The van der Waals surface area contributed by atoms with Crippen molar-refractivity contribution in [3.8, 4) is 0 Å². The molecule has 0 spiro atoms. The number of carbonyl (C=O) groups excluding carboxylic acids is 2. The highest BCUT2D eigenvalue weighted by atomic mass is 33.1. The van der Waals surface area contributed by atoms with Gasteiger partial charge in [-0.25, -0.2) is 0 Å². The fraction of sp³-hybridized carbons (Fsp3) is 0.824. The van der Waals surface area contributed by atoms with E-state index in [1.54, 1.807) is 0 Å². The first-order valence-electron chi connectivity index (χ1n) is 16.1. The third-order valence-corrected chi connectivity index (χ3v) is 8.67. The Hall–Kier alpha value is -0.760. The lowest BCUT2D eigenvalue weighted by Crippen LogP contribution is -2.16. The van der Waals surface area contributed by atoms with E-state index in [-0.39, 0.29) is 5.97 Å². The number of unbranched alkanes of at least 4 members (excludes halogenated alkanes) is 11. The topological polar surface area (TPSA) is 55.8 Å². The van der Waals surface area contributed by atoms with E-state index >= 15 is 0 Å². The number of hydrogen-bond acceptors (Lipinski definition) is 7.